The molecular formula is C34H42O5. The van der Waals surface area contributed by atoms with Crippen molar-refractivity contribution >= 4 is 24.2 Å². The number of phenols is 1. The minimum Gasteiger partial charge on any atom is -0.508 e. The first kappa shape index (κ1) is 32.8. The summed E-state index contributed by atoms with van der Waals surface area (Å²) >= 11 is 0. The summed E-state index contributed by atoms with van der Waals surface area (Å²) in [5.74, 6) is 0.793. The van der Waals surface area contributed by atoms with Crippen LogP contribution in [0.3, 0.4) is 0 Å². The van der Waals surface area contributed by atoms with Gasteiger partial charge in [-0.05, 0) is 73.9 Å². The Hall–Kier alpha value is -4.25. The Labute approximate surface area is 233 Å². The number of carboxylic acid groups (broad SMARTS) is 1. The molecule has 0 saturated carbocycles. The molecule has 0 aliphatic rings. The summed E-state index contributed by atoms with van der Waals surface area (Å²) in [5, 5.41) is 17.9. The van der Waals surface area contributed by atoms with E-state index in [-0.39, 0.29) is 5.60 Å². The summed E-state index contributed by atoms with van der Waals surface area (Å²) in [7, 11) is 0. The first-order valence-electron chi connectivity index (χ1n) is 12.6. The predicted octanol–water partition coefficient (Wildman–Crippen LogP) is 8.75. The van der Waals surface area contributed by atoms with Crippen molar-refractivity contribution in [2.45, 2.75) is 53.2 Å². The Morgan fingerprint density at radius 3 is 1.36 bits per heavy atom. The van der Waals surface area contributed by atoms with E-state index in [0.29, 0.717) is 11.5 Å². The predicted molar refractivity (Wildman–Crippen MR) is 163 cm³/mol. The molecule has 0 bridgehead atoms. The number of hydrogen-bond acceptors (Lipinski definition) is 4. The number of rotatable bonds is 7. The number of hydrogen-bond donors (Lipinski definition) is 2. The maximum Gasteiger partial charge on any atom is 0.345 e. The molecule has 5 nitrogen and oxygen atoms in total. The topological polar surface area (TPSA) is 76.0 Å². The van der Waals surface area contributed by atoms with Crippen LogP contribution >= 0.6 is 0 Å². The summed E-state index contributed by atoms with van der Waals surface area (Å²) in [5.41, 5.74) is 2.52. The fourth-order valence-corrected chi connectivity index (χ4v) is 3.05. The molecule has 0 aromatic heterocycles. The molecule has 0 spiro atoms. The largest absolute Gasteiger partial charge is 0.508 e. The fourth-order valence-electron chi connectivity index (χ4n) is 3.05. The van der Waals surface area contributed by atoms with Crippen LogP contribution in [-0.2, 0) is 4.79 Å². The first-order chi connectivity index (χ1) is 18.2. The summed E-state index contributed by atoms with van der Waals surface area (Å²) in [4.78, 5) is 11.1. The van der Waals surface area contributed by atoms with E-state index in [1.165, 1.54) is 0 Å². The second kappa shape index (κ2) is 15.2. The molecule has 0 fully saturated rings. The van der Waals surface area contributed by atoms with E-state index >= 15 is 0 Å². The summed E-state index contributed by atoms with van der Waals surface area (Å²) in [6, 6.07) is 22.0. The molecule has 2 N–H and O–H groups in total. The van der Waals surface area contributed by atoms with E-state index in [0.717, 1.165) is 22.4 Å². The zero-order valence-electron chi connectivity index (χ0n) is 24.0. The molecule has 0 aliphatic heterocycles. The van der Waals surface area contributed by atoms with Gasteiger partial charge < -0.3 is 19.7 Å². The maximum absolute atomic E-state index is 11.1. The van der Waals surface area contributed by atoms with Gasteiger partial charge in [-0.15, -0.1) is 0 Å². The van der Waals surface area contributed by atoms with Crippen LogP contribution in [0.4, 0.5) is 0 Å². The van der Waals surface area contributed by atoms with Crippen LogP contribution in [0.15, 0.2) is 92.5 Å². The highest BCUT2D eigenvalue weighted by Gasteiger charge is 2.33. The van der Waals surface area contributed by atoms with Crippen molar-refractivity contribution in [1.29, 1.82) is 0 Å². The Balaban J connectivity index is 0.000000307. The van der Waals surface area contributed by atoms with Crippen LogP contribution in [0.1, 0.15) is 58.2 Å². The van der Waals surface area contributed by atoms with Gasteiger partial charge in [0.25, 0.3) is 0 Å². The van der Waals surface area contributed by atoms with E-state index < -0.39 is 17.5 Å². The SMILES string of the molecule is C=Cc1ccc(O)cc1.C=Cc1ccc(OC(C(=O)O)C(C)(C)C)cc1.C=Cc1ccc(OC(C)(C)C)cc1. The molecule has 3 aromatic carbocycles. The molecule has 3 rings (SSSR count). The summed E-state index contributed by atoms with van der Waals surface area (Å²) in [6.07, 6.45) is 4.42. The Morgan fingerprint density at radius 1 is 0.692 bits per heavy atom. The number of aromatic hydroxyl groups is 1. The van der Waals surface area contributed by atoms with E-state index in [1.807, 2.05) is 96.1 Å². The van der Waals surface area contributed by atoms with Crippen LogP contribution in [-0.4, -0.2) is 27.9 Å². The van der Waals surface area contributed by atoms with Gasteiger partial charge in [0.15, 0.2) is 6.10 Å². The maximum atomic E-state index is 11.1. The molecule has 5 heteroatoms. The Morgan fingerprint density at radius 2 is 1.05 bits per heavy atom. The number of carbonyl (C=O) groups is 1. The lowest BCUT2D eigenvalue weighted by Crippen LogP contribution is -2.39. The van der Waals surface area contributed by atoms with Crippen molar-refractivity contribution in [3.05, 3.63) is 109 Å². The van der Waals surface area contributed by atoms with Gasteiger partial charge in [-0.3, -0.25) is 0 Å². The lowest BCUT2D eigenvalue weighted by molar-refractivity contribution is -0.150. The van der Waals surface area contributed by atoms with Gasteiger partial charge in [-0.2, -0.15) is 0 Å². The average molecular weight is 531 g/mol. The van der Waals surface area contributed by atoms with Gasteiger partial charge >= 0.3 is 5.97 Å². The summed E-state index contributed by atoms with van der Waals surface area (Å²) in [6.45, 7) is 22.5. The molecule has 1 atom stereocenters. The molecule has 0 saturated heterocycles. The quantitative estimate of drug-likeness (QED) is 0.319. The zero-order chi connectivity index (χ0) is 29.6. The van der Waals surface area contributed by atoms with Crippen molar-refractivity contribution in [2.75, 3.05) is 0 Å². The first-order valence-corrected chi connectivity index (χ1v) is 12.6. The third-order valence-electron chi connectivity index (χ3n) is 5.05. The molecule has 1 unspecified atom stereocenters. The number of aliphatic carboxylic acids is 1. The zero-order valence-corrected chi connectivity index (χ0v) is 24.0. The van der Waals surface area contributed by atoms with Gasteiger partial charge in [-0.25, -0.2) is 4.79 Å². The molecule has 0 heterocycles. The van der Waals surface area contributed by atoms with Gasteiger partial charge in [0.05, 0.1) is 0 Å². The van der Waals surface area contributed by atoms with E-state index in [1.54, 1.807) is 36.4 Å². The third kappa shape index (κ3) is 13.2. The van der Waals surface area contributed by atoms with E-state index in [2.05, 4.69) is 19.7 Å². The van der Waals surface area contributed by atoms with Gasteiger partial charge in [0, 0.05) is 5.41 Å². The molecule has 3 aromatic rings. The molecule has 208 valence electrons. The number of phenolic OH excluding ortho intramolecular Hbond substituents is 1. The smallest absolute Gasteiger partial charge is 0.345 e. The molecule has 0 aliphatic carbocycles. The van der Waals surface area contributed by atoms with Crippen molar-refractivity contribution < 1.29 is 24.5 Å². The van der Waals surface area contributed by atoms with Crippen molar-refractivity contribution in [3.8, 4) is 17.2 Å². The van der Waals surface area contributed by atoms with Crippen LogP contribution < -0.4 is 9.47 Å². The number of carboxylic acids is 1. The van der Waals surface area contributed by atoms with Crippen LogP contribution in [0.25, 0.3) is 18.2 Å². The minimum absolute atomic E-state index is 0.129. The third-order valence-corrected chi connectivity index (χ3v) is 5.05. The molecule has 0 amide bonds. The standard InChI is InChI=1S/C14H18O3.C12H16O.C8H8O/c1-5-10-6-8-11(9-7-10)17-12(13(15)16)14(2,3)4;1-5-10-6-8-11(9-7-10)13-12(2,3)4;1-2-7-3-5-8(9)6-4-7/h5-9,12H,1H2,2-4H3,(H,15,16);5-9H,1H2,2-4H3;2-6,9H,1H2. The van der Waals surface area contributed by atoms with E-state index in [9.17, 15) is 4.79 Å². The highest BCUT2D eigenvalue weighted by Crippen LogP contribution is 2.25. The lowest BCUT2D eigenvalue weighted by atomic mass is 9.89. The van der Waals surface area contributed by atoms with Crippen LogP contribution in [0.5, 0.6) is 17.2 Å². The second-order valence-electron chi connectivity index (χ2n) is 10.8. The van der Waals surface area contributed by atoms with Crippen molar-refractivity contribution in [3.63, 3.8) is 0 Å². The minimum atomic E-state index is -0.953. The fraction of sp³-hybridized carbons (Fsp3) is 0.265. The second-order valence-corrected chi connectivity index (χ2v) is 10.8. The number of ether oxygens (including phenoxy) is 2. The monoisotopic (exact) mass is 530 g/mol. The van der Waals surface area contributed by atoms with Gasteiger partial charge in [0.2, 0.25) is 0 Å². The van der Waals surface area contributed by atoms with Crippen LogP contribution in [0.2, 0.25) is 0 Å². The lowest BCUT2D eigenvalue weighted by Gasteiger charge is -2.27. The number of benzene rings is 3. The van der Waals surface area contributed by atoms with Gasteiger partial charge in [-0.1, -0.05) is 95.1 Å². The van der Waals surface area contributed by atoms with Crippen LogP contribution in [0, 0.1) is 5.41 Å². The Kier molecular flexibility index (Phi) is 12.8. The van der Waals surface area contributed by atoms with Gasteiger partial charge in [0.1, 0.15) is 22.8 Å². The summed E-state index contributed by atoms with van der Waals surface area (Å²) < 4.78 is 11.2. The van der Waals surface area contributed by atoms with E-state index in [4.69, 9.17) is 19.7 Å². The molecule has 0 radical (unpaired) electrons. The molecule has 39 heavy (non-hydrogen) atoms. The van der Waals surface area contributed by atoms with Crippen molar-refractivity contribution in [1.82, 2.24) is 0 Å². The molecular weight excluding hydrogens is 488 g/mol. The average Bonchev–Trinajstić information content (AvgIpc) is 2.87. The van der Waals surface area contributed by atoms with Crippen molar-refractivity contribution in [2.24, 2.45) is 5.41 Å². The highest BCUT2D eigenvalue weighted by atomic mass is 16.5. The Bertz CT molecular complexity index is 1180. The highest BCUT2D eigenvalue weighted by molar-refractivity contribution is 5.73. The normalized spacial score (nSPS) is 11.3.